The van der Waals surface area contributed by atoms with Gasteiger partial charge < -0.3 is 10.9 Å². The van der Waals surface area contributed by atoms with Crippen LogP contribution in [0.15, 0.2) is 29.6 Å². The van der Waals surface area contributed by atoms with E-state index in [1.54, 1.807) is 31.3 Å². The highest BCUT2D eigenvalue weighted by molar-refractivity contribution is 7.89. The van der Waals surface area contributed by atoms with Crippen LogP contribution >= 0.6 is 0 Å². The minimum absolute atomic E-state index is 0.0980. The monoisotopic (exact) mass is 286 g/mol. The van der Waals surface area contributed by atoms with Gasteiger partial charge in [-0.15, -0.1) is 0 Å². The fourth-order valence-corrected chi connectivity index (χ4v) is 2.80. The number of aryl methyl sites for hydroxylation is 1. The molecule has 0 saturated carbocycles. The Hall–Kier alpha value is -1.67. The molecule has 106 valence electrons. The van der Waals surface area contributed by atoms with Crippen molar-refractivity contribution in [2.75, 3.05) is 5.75 Å². The number of sulfonamides is 1. The maximum Gasteiger partial charge on any atom is 0.212 e. The van der Waals surface area contributed by atoms with Crippen LogP contribution in [0.5, 0.6) is 0 Å². The molecule has 0 aliphatic carbocycles. The summed E-state index contributed by atoms with van der Waals surface area (Å²) in [4.78, 5) is 4.05. The van der Waals surface area contributed by atoms with Gasteiger partial charge in [-0.1, -0.05) is 18.1 Å². The zero-order valence-corrected chi connectivity index (χ0v) is 11.5. The molecule has 1 heterocycles. The predicted octanol–water partition coefficient (Wildman–Crippen LogP) is 0.0685. The minimum Gasteiger partial charge on any atom is -0.409 e. The number of nitrogens with two attached hydrogens (primary N) is 1. The van der Waals surface area contributed by atoms with Gasteiger partial charge in [-0.05, 0) is 18.6 Å². The van der Waals surface area contributed by atoms with E-state index in [0.717, 1.165) is 0 Å². The number of hydrogen-bond acceptors (Lipinski definition) is 5. The van der Waals surface area contributed by atoms with Crippen molar-refractivity contribution in [1.29, 1.82) is 0 Å². The lowest BCUT2D eigenvalue weighted by Crippen LogP contribution is -2.45. The third kappa shape index (κ3) is 5.23. The molecule has 4 N–H and O–H groups in total. The molecule has 0 aliphatic heterocycles. The highest BCUT2D eigenvalue weighted by atomic mass is 32.2. The summed E-state index contributed by atoms with van der Waals surface area (Å²) < 4.78 is 26.1. The topological polar surface area (TPSA) is 118 Å². The Morgan fingerprint density at radius 1 is 1.58 bits per heavy atom. The molecule has 1 unspecified atom stereocenters. The Labute approximate surface area is 112 Å². The van der Waals surface area contributed by atoms with Crippen molar-refractivity contribution in [3.63, 3.8) is 0 Å². The molecular weight excluding hydrogens is 268 g/mol. The van der Waals surface area contributed by atoms with E-state index >= 15 is 0 Å². The maximum absolute atomic E-state index is 11.9. The van der Waals surface area contributed by atoms with Gasteiger partial charge in [0, 0.05) is 18.3 Å². The Kier molecular flexibility index (Phi) is 5.71. The lowest BCUT2D eigenvalue weighted by molar-refractivity contribution is 0.315. The van der Waals surface area contributed by atoms with Gasteiger partial charge in [-0.3, -0.25) is 4.98 Å². The van der Waals surface area contributed by atoms with Crippen LogP contribution < -0.4 is 10.5 Å². The van der Waals surface area contributed by atoms with Crippen LogP contribution in [0.4, 0.5) is 0 Å². The number of hydrogen-bond donors (Lipinski definition) is 3. The molecule has 0 radical (unpaired) electrons. The van der Waals surface area contributed by atoms with Crippen molar-refractivity contribution in [3.8, 4) is 0 Å². The average Bonchev–Trinajstić information content (AvgIpc) is 2.43. The number of amidine groups is 1. The largest absolute Gasteiger partial charge is 0.409 e. The van der Waals surface area contributed by atoms with Gasteiger partial charge in [0.1, 0.15) is 0 Å². The molecule has 0 aliphatic rings. The zero-order chi connectivity index (χ0) is 14.3. The second kappa shape index (κ2) is 7.05. The summed E-state index contributed by atoms with van der Waals surface area (Å²) in [6, 6.07) is 4.63. The first-order valence-corrected chi connectivity index (χ1v) is 7.51. The standard InChI is InChI=1S/C11H18N4O3S/c1-2-10(11(12)14-16)15-19(17,18)8-6-9-5-3-4-7-13-9/h3-5,7,10,15-16H,2,6,8H2,1H3,(H2,12,14). The van der Waals surface area contributed by atoms with Crippen molar-refractivity contribution in [2.45, 2.75) is 25.8 Å². The van der Waals surface area contributed by atoms with Gasteiger partial charge in [0.15, 0.2) is 5.84 Å². The van der Waals surface area contributed by atoms with E-state index in [0.29, 0.717) is 18.5 Å². The summed E-state index contributed by atoms with van der Waals surface area (Å²) in [5.74, 6) is -0.247. The Bertz CT molecular complexity index is 516. The van der Waals surface area contributed by atoms with Crippen LogP contribution in [-0.4, -0.2) is 36.2 Å². The van der Waals surface area contributed by atoms with Crippen molar-refractivity contribution in [3.05, 3.63) is 30.1 Å². The predicted molar refractivity (Wildman–Crippen MR) is 72.4 cm³/mol. The third-order valence-electron chi connectivity index (χ3n) is 2.56. The number of aromatic nitrogens is 1. The molecule has 0 aromatic carbocycles. The molecule has 1 atom stereocenters. The van der Waals surface area contributed by atoms with Crippen molar-refractivity contribution >= 4 is 15.9 Å². The fourth-order valence-electron chi connectivity index (χ4n) is 1.48. The molecule has 0 amide bonds. The van der Waals surface area contributed by atoms with Gasteiger partial charge in [0.25, 0.3) is 0 Å². The highest BCUT2D eigenvalue weighted by Crippen LogP contribution is 2.00. The third-order valence-corrected chi connectivity index (χ3v) is 3.94. The fraction of sp³-hybridized carbons (Fsp3) is 0.455. The van der Waals surface area contributed by atoms with Crippen LogP contribution in [0.3, 0.4) is 0 Å². The molecule has 0 fully saturated rings. The van der Waals surface area contributed by atoms with Crippen LogP contribution in [0, 0.1) is 0 Å². The summed E-state index contributed by atoms with van der Waals surface area (Å²) >= 11 is 0. The minimum atomic E-state index is -3.51. The smallest absolute Gasteiger partial charge is 0.212 e. The lowest BCUT2D eigenvalue weighted by Gasteiger charge is -2.15. The summed E-state index contributed by atoms with van der Waals surface area (Å²) in [7, 11) is -3.51. The summed E-state index contributed by atoms with van der Waals surface area (Å²) in [5, 5.41) is 11.4. The summed E-state index contributed by atoms with van der Waals surface area (Å²) in [5.41, 5.74) is 6.10. The molecule has 1 rings (SSSR count). The summed E-state index contributed by atoms with van der Waals surface area (Å²) in [6.07, 6.45) is 2.32. The second-order valence-corrected chi connectivity index (χ2v) is 5.87. The first kappa shape index (κ1) is 15.4. The van der Waals surface area contributed by atoms with E-state index in [9.17, 15) is 8.42 Å². The van der Waals surface area contributed by atoms with E-state index in [4.69, 9.17) is 10.9 Å². The van der Waals surface area contributed by atoms with Crippen LogP contribution in [0.2, 0.25) is 0 Å². The first-order chi connectivity index (χ1) is 8.98. The summed E-state index contributed by atoms with van der Waals surface area (Å²) in [6.45, 7) is 1.74. The molecule has 19 heavy (non-hydrogen) atoms. The van der Waals surface area contributed by atoms with Gasteiger partial charge in [-0.2, -0.15) is 0 Å². The molecule has 8 heteroatoms. The number of rotatable bonds is 7. The van der Waals surface area contributed by atoms with E-state index < -0.39 is 16.1 Å². The van der Waals surface area contributed by atoms with Gasteiger partial charge >= 0.3 is 0 Å². The van der Waals surface area contributed by atoms with Gasteiger partial charge in [-0.25, -0.2) is 13.1 Å². The molecule has 0 spiro atoms. The normalized spacial score (nSPS) is 14.3. The molecule has 7 nitrogen and oxygen atoms in total. The molecular formula is C11H18N4O3S. The van der Waals surface area contributed by atoms with Crippen molar-refractivity contribution in [2.24, 2.45) is 10.9 Å². The van der Waals surface area contributed by atoms with E-state index in [-0.39, 0.29) is 11.6 Å². The highest BCUT2D eigenvalue weighted by Gasteiger charge is 2.19. The Morgan fingerprint density at radius 2 is 2.32 bits per heavy atom. The zero-order valence-electron chi connectivity index (χ0n) is 10.7. The van der Waals surface area contributed by atoms with Gasteiger partial charge in [0.05, 0.1) is 11.8 Å². The van der Waals surface area contributed by atoms with Crippen molar-refractivity contribution < 1.29 is 13.6 Å². The van der Waals surface area contributed by atoms with Crippen molar-refractivity contribution in [1.82, 2.24) is 9.71 Å². The quantitative estimate of drug-likeness (QED) is 0.284. The van der Waals surface area contributed by atoms with E-state index in [1.807, 2.05) is 0 Å². The molecule has 1 aromatic rings. The van der Waals surface area contributed by atoms with Crippen LogP contribution in [-0.2, 0) is 16.4 Å². The number of nitrogens with zero attached hydrogens (tertiary/aromatic N) is 2. The SMILES string of the molecule is CCC(NS(=O)(=O)CCc1ccccn1)/C(N)=N/O. The average molecular weight is 286 g/mol. The Morgan fingerprint density at radius 3 is 2.84 bits per heavy atom. The van der Waals surface area contributed by atoms with Gasteiger partial charge in [0.2, 0.25) is 10.0 Å². The first-order valence-electron chi connectivity index (χ1n) is 5.86. The van der Waals surface area contributed by atoms with E-state index in [2.05, 4.69) is 14.9 Å². The Balaban J connectivity index is 2.61. The van der Waals surface area contributed by atoms with Crippen LogP contribution in [0.1, 0.15) is 19.0 Å². The lowest BCUT2D eigenvalue weighted by atomic mass is 10.2. The number of oxime groups is 1. The number of nitrogens with one attached hydrogen (secondary N) is 1. The second-order valence-electron chi connectivity index (χ2n) is 3.99. The maximum atomic E-state index is 11.9. The number of pyridine rings is 1. The molecule has 0 saturated heterocycles. The molecule has 1 aromatic heterocycles. The van der Waals surface area contributed by atoms with Crippen LogP contribution in [0.25, 0.3) is 0 Å². The molecule has 0 bridgehead atoms. The van der Waals surface area contributed by atoms with E-state index in [1.165, 1.54) is 0 Å².